The van der Waals surface area contributed by atoms with Gasteiger partial charge in [0.05, 0.1) is 12.0 Å². The SMILES string of the molecule is COC1(CNc2cccc(CC(=O)O)c2)CCOCC1. The first-order chi connectivity index (χ1) is 9.63. The standard InChI is InChI=1S/C15H21NO4/c1-19-15(5-7-20-8-6-15)11-16-13-4-2-3-12(9-13)10-14(17)18/h2-4,9,16H,5-8,10-11H2,1H3,(H,17,18). The molecule has 0 radical (unpaired) electrons. The summed E-state index contributed by atoms with van der Waals surface area (Å²) < 4.78 is 11.0. The van der Waals surface area contributed by atoms with Crippen molar-refractivity contribution in [1.29, 1.82) is 0 Å². The van der Waals surface area contributed by atoms with Crippen molar-refractivity contribution in [2.75, 3.05) is 32.2 Å². The summed E-state index contributed by atoms with van der Waals surface area (Å²) >= 11 is 0. The van der Waals surface area contributed by atoms with Crippen LogP contribution in [0, 0.1) is 0 Å². The lowest BCUT2D eigenvalue weighted by Gasteiger charge is -2.36. The maximum absolute atomic E-state index is 10.7. The summed E-state index contributed by atoms with van der Waals surface area (Å²) in [5.41, 5.74) is 1.52. The third kappa shape index (κ3) is 3.95. The minimum absolute atomic E-state index is 0.0405. The van der Waals surface area contributed by atoms with Crippen LogP contribution in [0.1, 0.15) is 18.4 Å². The van der Waals surface area contributed by atoms with E-state index in [1.54, 1.807) is 7.11 Å². The highest BCUT2D eigenvalue weighted by Crippen LogP contribution is 2.25. The van der Waals surface area contributed by atoms with Crippen molar-refractivity contribution in [2.24, 2.45) is 0 Å². The number of methoxy groups -OCH3 is 1. The molecule has 1 aliphatic heterocycles. The fraction of sp³-hybridized carbons (Fsp3) is 0.533. The highest BCUT2D eigenvalue weighted by Gasteiger charge is 2.32. The van der Waals surface area contributed by atoms with Crippen LogP contribution < -0.4 is 5.32 Å². The molecule has 1 aromatic rings. The monoisotopic (exact) mass is 279 g/mol. The lowest BCUT2D eigenvalue weighted by atomic mass is 9.94. The Labute approximate surface area is 118 Å². The van der Waals surface area contributed by atoms with Gasteiger partial charge in [-0.05, 0) is 17.7 Å². The zero-order chi connectivity index (χ0) is 14.4. The van der Waals surface area contributed by atoms with Crippen LogP contribution in [0.3, 0.4) is 0 Å². The average Bonchev–Trinajstić information content (AvgIpc) is 2.46. The molecule has 0 amide bonds. The van der Waals surface area contributed by atoms with E-state index in [1.807, 2.05) is 24.3 Å². The van der Waals surface area contributed by atoms with Gasteiger partial charge in [-0.1, -0.05) is 12.1 Å². The van der Waals surface area contributed by atoms with Crippen LogP contribution in [0.5, 0.6) is 0 Å². The van der Waals surface area contributed by atoms with Crippen LogP contribution in [0.2, 0.25) is 0 Å². The average molecular weight is 279 g/mol. The zero-order valence-corrected chi connectivity index (χ0v) is 11.7. The second-order valence-electron chi connectivity index (χ2n) is 5.12. The van der Waals surface area contributed by atoms with Crippen LogP contribution >= 0.6 is 0 Å². The molecule has 2 rings (SSSR count). The molecule has 1 aliphatic rings. The molecule has 2 N–H and O–H groups in total. The second kappa shape index (κ2) is 6.72. The van der Waals surface area contributed by atoms with Crippen molar-refractivity contribution in [1.82, 2.24) is 0 Å². The minimum atomic E-state index is -0.819. The molecule has 0 spiro atoms. The number of nitrogens with one attached hydrogen (secondary N) is 1. The Kier molecular flexibility index (Phi) is 4.98. The van der Waals surface area contributed by atoms with Gasteiger partial charge >= 0.3 is 5.97 Å². The first-order valence-corrected chi connectivity index (χ1v) is 6.81. The lowest BCUT2D eigenvalue weighted by Crippen LogP contribution is -2.44. The van der Waals surface area contributed by atoms with Gasteiger partial charge in [0, 0.05) is 45.4 Å². The fourth-order valence-corrected chi connectivity index (χ4v) is 2.43. The Morgan fingerprint density at radius 3 is 2.85 bits per heavy atom. The van der Waals surface area contributed by atoms with Crippen LogP contribution in [0.4, 0.5) is 5.69 Å². The van der Waals surface area contributed by atoms with E-state index in [2.05, 4.69) is 5.32 Å². The summed E-state index contributed by atoms with van der Waals surface area (Å²) in [6, 6.07) is 7.49. The Morgan fingerprint density at radius 1 is 1.45 bits per heavy atom. The maximum Gasteiger partial charge on any atom is 0.307 e. The number of hydrogen-bond acceptors (Lipinski definition) is 4. The summed E-state index contributed by atoms with van der Waals surface area (Å²) in [4.78, 5) is 10.7. The predicted octanol–water partition coefficient (Wildman–Crippen LogP) is 1.92. The summed E-state index contributed by atoms with van der Waals surface area (Å²) in [6.07, 6.45) is 1.77. The third-order valence-corrected chi connectivity index (χ3v) is 3.73. The molecule has 20 heavy (non-hydrogen) atoms. The van der Waals surface area contributed by atoms with E-state index in [4.69, 9.17) is 14.6 Å². The Bertz CT molecular complexity index is 455. The summed E-state index contributed by atoms with van der Waals surface area (Å²) in [7, 11) is 1.73. The van der Waals surface area contributed by atoms with Gasteiger partial charge in [0.1, 0.15) is 0 Å². The van der Waals surface area contributed by atoms with E-state index in [0.717, 1.165) is 24.1 Å². The number of anilines is 1. The number of hydrogen-bond donors (Lipinski definition) is 2. The molecule has 5 heteroatoms. The van der Waals surface area contributed by atoms with Crippen LogP contribution in [0.25, 0.3) is 0 Å². The van der Waals surface area contributed by atoms with Crippen molar-refractivity contribution in [3.63, 3.8) is 0 Å². The van der Waals surface area contributed by atoms with Crippen molar-refractivity contribution in [3.8, 4) is 0 Å². The number of ether oxygens (including phenoxy) is 2. The molecule has 0 atom stereocenters. The number of benzene rings is 1. The number of rotatable bonds is 6. The van der Waals surface area contributed by atoms with Crippen molar-refractivity contribution < 1.29 is 19.4 Å². The molecule has 0 saturated carbocycles. The van der Waals surface area contributed by atoms with Crippen LogP contribution in [0.15, 0.2) is 24.3 Å². The van der Waals surface area contributed by atoms with E-state index >= 15 is 0 Å². The Morgan fingerprint density at radius 2 is 2.20 bits per heavy atom. The van der Waals surface area contributed by atoms with Gasteiger partial charge in [0.25, 0.3) is 0 Å². The summed E-state index contributed by atoms with van der Waals surface area (Å²) in [5.74, 6) is -0.819. The van der Waals surface area contributed by atoms with Gasteiger partial charge in [-0.2, -0.15) is 0 Å². The topological polar surface area (TPSA) is 67.8 Å². The van der Waals surface area contributed by atoms with Gasteiger partial charge in [-0.3, -0.25) is 4.79 Å². The number of aliphatic carboxylic acids is 1. The maximum atomic E-state index is 10.7. The van der Waals surface area contributed by atoms with Crippen molar-refractivity contribution in [3.05, 3.63) is 29.8 Å². The van der Waals surface area contributed by atoms with Crippen molar-refractivity contribution in [2.45, 2.75) is 24.9 Å². The molecule has 0 aliphatic carbocycles. The van der Waals surface area contributed by atoms with E-state index < -0.39 is 5.97 Å². The molecule has 1 fully saturated rings. The molecular formula is C15H21NO4. The van der Waals surface area contributed by atoms with Gasteiger partial charge in [0.2, 0.25) is 0 Å². The minimum Gasteiger partial charge on any atom is -0.481 e. The molecule has 1 heterocycles. The molecule has 1 saturated heterocycles. The second-order valence-corrected chi connectivity index (χ2v) is 5.12. The third-order valence-electron chi connectivity index (χ3n) is 3.73. The molecular weight excluding hydrogens is 258 g/mol. The lowest BCUT2D eigenvalue weighted by molar-refractivity contribution is -0.136. The predicted molar refractivity (Wildman–Crippen MR) is 76.1 cm³/mol. The molecule has 110 valence electrons. The molecule has 0 aromatic heterocycles. The number of carboxylic acids is 1. The smallest absolute Gasteiger partial charge is 0.307 e. The molecule has 0 unspecified atom stereocenters. The van der Waals surface area contributed by atoms with Crippen LogP contribution in [-0.4, -0.2) is 43.5 Å². The van der Waals surface area contributed by atoms with E-state index in [-0.39, 0.29) is 12.0 Å². The number of carbonyl (C=O) groups is 1. The van der Waals surface area contributed by atoms with Crippen LogP contribution in [-0.2, 0) is 20.7 Å². The van der Waals surface area contributed by atoms with Gasteiger partial charge < -0.3 is 19.9 Å². The van der Waals surface area contributed by atoms with E-state index in [0.29, 0.717) is 19.8 Å². The largest absolute Gasteiger partial charge is 0.481 e. The van der Waals surface area contributed by atoms with Gasteiger partial charge in [-0.25, -0.2) is 0 Å². The molecule has 0 bridgehead atoms. The van der Waals surface area contributed by atoms with Gasteiger partial charge in [0.15, 0.2) is 0 Å². The normalized spacial score (nSPS) is 17.6. The first-order valence-electron chi connectivity index (χ1n) is 6.81. The van der Waals surface area contributed by atoms with E-state index in [1.165, 1.54) is 0 Å². The molecule has 1 aromatic carbocycles. The summed E-state index contributed by atoms with van der Waals surface area (Å²) in [6.45, 7) is 2.13. The molecule has 5 nitrogen and oxygen atoms in total. The van der Waals surface area contributed by atoms with E-state index in [9.17, 15) is 4.79 Å². The zero-order valence-electron chi connectivity index (χ0n) is 11.7. The first kappa shape index (κ1) is 14.8. The summed E-state index contributed by atoms with van der Waals surface area (Å²) in [5, 5.41) is 12.2. The van der Waals surface area contributed by atoms with Gasteiger partial charge in [-0.15, -0.1) is 0 Å². The number of carboxylic acid groups (broad SMARTS) is 1. The van der Waals surface area contributed by atoms with Crippen molar-refractivity contribution >= 4 is 11.7 Å². The quantitative estimate of drug-likeness (QED) is 0.832. The highest BCUT2D eigenvalue weighted by atomic mass is 16.5. The Balaban J connectivity index is 1.97. The fourth-order valence-electron chi connectivity index (χ4n) is 2.43. The highest BCUT2D eigenvalue weighted by molar-refractivity contribution is 5.70. The Hall–Kier alpha value is -1.59.